The van der Waals surface area contributed by atoms with Crippen LogP contribution < -0.4 is 0 Å². The van der Waals surface area contributed by atoms with Crippen molar-refractivity contribution in [2.75, 3.05) is 6.61 Å². The Bertz CT molecular complexity index is 694. The van der Waals surface area contributed by atoms with Crippen LogP contribution in [0, 0.1) is 29.1 Å². The number of hydrogen-bond donors (Lipinski definition) is 2. The molecule has 3 aliphatic carbocycles. The lowest BCUT2D eigenvalue weighted by molar-refractivity contribution is -0.00558. The average molecular weight is 383 g/mol. The Balaban J connectivity index is 1.52. The van der Waals surface area contributed by atoms with Crippen LogP contribution in [0.5, 0.6) is 5.75 Å². The SMILES string of the molecule is CC1CC=CC2(CCCC3C(Cc4cc(O)cc(CCCO)c4)CCCC32)C1. The molecule has 2 N–H and O–H groups in total. The Morgan fingerprint density at radius 3 is 2.75 bits per heavy atom. The number of fused-ring (bicyclic) bond motifs is 2. The molecule has 3 aliphatic rings. The molecule has 0 bridgehead atoms. The predicted octanol–water partition coefficient (Wildman–Crippen LogP) is 6.05. The van der Waals surface area contributed by atoms with E-state index in [1.807, 2.05) is 12.1 Å². The third-order valence-electron chi connectivity index (χ3n) is 8.01. The van der Waals surface area contributed by atoms with Gasteiger partial charge in [0.2, 0.25) is 0 Å². The number of phenolic OH excluding ortho intramolecular Hbond substituents is 1. The molecule has 4 rings (SSSR count). The van der Waals surface area contributed by atoms with Crippen molar-refractivity contribution in [1.29, 1.82) is 0 Å². The summed E-state index contributed by atoms with van der Waals surface area (Å²) in [6.45, 7) is 2.65. The van der Waals surface area contributed by atoms with E-state index in [0.717, 1.165) is 42.9 Å². The second kappa shape index (κ2) is 8.61. The molecule has 154 valence electrons. The molecule has 1 aromatic carbocycles. The monoisotopic (exact) mass is 382 g/mol. The van der Waals surface area contributed by atoms with Gasteiger partial charge in [0, 0.05) is 6.61 Å². The predicted molar refractivity (Wildman–Crippen MR) is 115 cm³/mol. The summed E-state index contributed by atoms with van der Waals surface area (Å²) in [5.41, 5.74) is 2.94. The van der Waals surface area contributed by atoms with Crippen molar-refractivity contribution in [1.82, 2.24) is 0 Å². The van der Waals surface area contributed by atoms with Crippen LogP contribution in [-0.2, 0) is 12.8 Å². The lowest BCUT2D eigenvalue weighted by atomic mass is 9.51. The molecule has 0 aromatic heterocycles. The number of phenols is 1. The second-order valence-electron chi connectivity index (χ2n) is 10.1. The van der Waals surface area contributed by atoms with E-state index in [1.54, 1.807) is 0 Å². The molecular weight excluding hydrogens is 344 g/mol. The Morgan fingerprint density at radius 1 is 1.07 bits per heavy atom. The Morgan fingerprint density at radius 2 is 1.93 bits per heavy atom. The van der Waals surface area contributed by atoms with Crippen molar-refractivity contribution >= 4 is 0 Å². The van der Waals surface area contributed by atoms with Crippen LogP contribution >= 0.6 is 0 Å². The van der Waals surface area contributed by atoms with Crippen LogP contribution in [0.2, 0.25) is 0 Å². The Kier molecular flexibility index (Phi) is 6.16. The van der Waals surface area contributed by atoms with Gasteiger partial charge in [-0.3, -0.25) is 0 Å². The van der Waals surface area contributed by atoms with E-state index >= 15 is 0 Å². The van der Waals surface area contributed by atoms with Gasteiger partial charge in [-0.25, -0.2) is 0 Å². The molecule has 2 fully saturated rings. The third-order valence-corrected chi connectivity index (χ3v) is 8.01. The summed E-state index contributed by atoms with van der Waals surface area (Å²) in [5.74, 6) is 3.70. The summed E-state index contributed by atoms with van der Waals surface area (Å²) in [4.78, 5) is 0. The normalized spacial score (nSPS) is 35.1. The smallest absolute Gasteiger partial charge is 0.116 e. The van der Waals surface area contributed by atoms with Crippen molar-refractivity contribution in [3.8, 4) is 5.75 Å². The number of rotatable bonds is 5. The van der Waals surface area contributed by atoms with Gasteiger partial charge in [-0.05, 0) is 110 Å². The topological polar surface area (TPSA) is 40.5 Å². The summed E-state index contributed by atoms with van der Waals surface area (Å²) in [6, 6.07) is 6.13. The van der Waals surface area contributed by atoms with Gasteiger partial charge in [0.1, 0.15) is 5.75 Å². The Hall–Kier alpha value is -1.28. The molecule has 1 spiro atoms. The molecule has 0 saturated heterocycles. The van der Waals surface area contributed by atoms with Crippen LogP contribution in [0.1, 0.15) is 75.8 Å². The zero-order valence-electron chi connectivity index (χ0n) is 17.6. The first kappa shape index (κ1) is 20.0. The van der Waals surface area contributed by atoms with Gasteiger partial charge in [0.25, 0.3) is 0 Å². The first-order valence-electron chi connectivity index (χ1n) is 11.7. The molecule has 0 heterocycles. The summed E-state index contributed by atoms with van der Waals surface area (Å²) in [6.07, 6.45) is 18.8. The minimum atomic E-state index is 0.214. The first-order valence-corrected chi connectivity index (χ1v) is 11.7. The van der Waals surface area contributed by atoms with Crippen LogP contribution in [0.15, 0.2) is 30.4 Å². The molecule has 5 unspecified atom stereocenters. The van der Waals surface area contributed by atoms with E-state index in [1.165, 1.54) is 62.5 Å². The fourth-order valence-electron chi connectivity index (χ4n) is 7.00. The second-order valence-corrected chi connectivity index (χ2v) is 10.1. The third kappa shape index (κ3) is 4.17. The van der Waals surface area contributed by atoms with Gasteiger partial charge >= 0.3 is 0 Å². The highest BCUT2D eigenvalue weighted by molar-refractivity contribution is 5.34. The number of aliphatic hydroxyl groups excluding tert-OH is 1. The van der Waals surface area contributed by atoms with Gasteiger partial charge in [-0.1, -0.05) is 38.0 Å². The molecule has 2 saturated carbocycles. The van der Waals surface area contributed by atoms with Crippen LogP contribution in [0.3, 0.4) is 0 Å². The van der Waals surface area contributed by atoms with Crippen molar-refractivity contribution < 1.29 is 10.2 Å². The van der Waals surface area contributed by atoms with Gasteiger partial charge in [0.15, 0.2) is 0 Å². The fraction of sp³-hybridized carbons (Fsp3) is 0.692. The molecule has 1 aromatic rings. The van der Waals surface area contributed by atoms with E-state index in [2.05, 4.69) is 25.1 Å². The maximum atomic E-state index is 10.2. The van der Waals surface area contributed by atoms with E-state index in [4.69, 9.17) is 5.11 Å². The quantitative estimate of drug-likeness (QED) is 0.609. The van der Waals surface area contributed by atoms with Gasteiger partial charge in [0.05, 0.1) is 0 Å². The number of aromatic hydroxyl groups is 1. The molecule has 5 atom stereocenters. The molecule has 28 heavy (non-hydrogen) atoms. The van der Waals surface area contributed by atoms with Gasteiger partial charge < -0.3 is 10.2 Å². The Labute approximate surface area is 171 Å². The highest BCUT2D eigenvalue weighted by Gasteiger charge is 2.48. The van der Waals surface area contributed by atoms with Gasteiger partial charge in [-0.15, -0.1) is 0 Å². The van der Waals surface area contributed by atoms with Gasteiger partial charge in [-0.2, -0.15) is 0 Å². The maximum absolute atomic E-state index is 10.2. The fourth-order valence-corrected chi connectivity index (χ4v) is 7.00. The lowest BCUT2D eigenvalue weighted by Gasteiger charge is -2.54. The highest BCUT2D eigenvalue weighted by atomic mass is 16.3. The molecule has 2 heteroatoms. The molecular formula is C26H38O2. The number of aliphatic hydroxyl groups is 1. The number of benzene rings is 1. The van der Waals surface area contributed by atoms with E-state index in [9.17, 15) is 5.11 Å². The zero-order valence-corrected chi connectivity index (χ0v) is 17.6. The molecule has 0 aliphatic heterocycles. The number of hydrogen-bond acceptors (Lipinski definition) is 2. The minimum Gasteiger partial charge on any atom is -0.508 e. The maximum Gasteiger partial charge on any atom is 0.116 e. The summed E-state index contributed by atoms with van der Waals surface area (Å²) in [5, 5.41) is 19.3. The summed E-state index contributed by atoms with van der Waals surface area (Å²) >= 11 is 0. The minimum absolute atomic E-state index is 0.214. The van der Waals surface area contributed by atoms with E-state index < -0.39 is 0 Å². The number of aryl methyl sites for hydroxylation is 1. The molecule has 0 radical (unpaired) electrons. The van der Waals surface area contributed by atoms with Crippen molar-refractivity contribution in [3.05, 3.63) is 41.5 Å². The van der Waals surface area contributed by atoms with Crippen molar-refractivity contribution in [2.24, 2.45) is 29.1 Å². The van der Waals surface area contributed by atoms with Crippen molar-refractivity contribution in [2.45, 2.75) is 77.6 Å². The highest BCUT2D eigenvalue weighted by Crippen LogP contribution is 2.57. The molecule has 0 amide bonds. The number of allylic oxidation sites excluding steroid dienone is 2. The molecule has 2 nitrogen and oxygen atoms in total. The van der Waals surface area contributed by atoms with Crippen molar-refractivity contribution in [3.63, 3.8) is 0 Å². The lowest BCUT2D eigenvalue weighted by Crippen LogP contribution is -2.45. The van der Waals surface area contributed by atoms with Crippen LogP contribution in [-0.4, -0.2) is 16.8 Å². The van der Waals surface area contributed by atoms with E-state index in [0.29, 0.717) is 11.2 Å². The zero-order chi connectivity index (χ0) is 19.6. The average Bonchev–Trinajstić information content (AvgIpc) is 2.67. The summed E-state index contributed by atoms with van der Waals surface area (Å²) in [7, 11) is 0. The first-order chi connectivity index (χ1) is 13.6. The largest absolute Gasteiger partial charge is 0.508 e. The van der Waals surface area contributed by atoms with Crippen LogP contribution in [0.25, 0.3) is 0 Å². The standard InChI is InChI=1S/C26H38O2/c1-19-6-3-11-26(18-19)12-4-9-24-22(8-2-10-25(24)26)15-21-14-20(7-5-13-27)16-23(28)17-21/h3,11,14,16-17,19,22,24-25,27-28H,2,4-10,12-13,15,18H2,1H3. The van der Waals surface area contributed by atoms with E-state index in [-0.39, 0.29) is 6.61 Å². The van der Waals surface area contributed by atoms with Crippen LogP contribution in [0.4, 0.5) is 0 Å². The summed E-state index contributed by atoms with van der Waals surface area (Å²) < 4.78 is 0.